The van der Waals surface area contributed by atoms with Gasteiger partial charge in [0.15, 0.2) is 0 Å². The highest BCUT2D eigenvalue weighted by molar-refractivity contribution is 9.08. The van der Waals surface area contributed by atoms with Crippen molar-refractivity contribution in [2.45, 2.75) is 6.42 Å². The van der Waals surface area contributed by atoms with E-state index in [0.29, 0.717) is 0 Å². The summed E-state index contributed by atoms with van der Waals surface area (Å²) in [6.45, 7) is 0.860. The van der Waals surface area contributed by atoms with Gasteiger partial charge >= 0.3 is 0 Å². The molecule has 0 atom stereocenters. The lowest BCUT2D eigenvalue weighted by atomic mass is 10.2. The zero-order valence-electron chi connectivity index (χ0n) is 6.51. The molecule has 0 amide bonds. The van der Waals surface area contributed by atoms with Crippen molar-refractivity contribution in [2.24, 2.45) is 0 Å². The quantitative estimate of drug-likeness (QED) is 0.604. The van der Waals surface area contributed by atoms with Gasteiger partial charge in [0.2, 0.25) is 0 Å². The summed E-state index contributed by atoms with van der Waals surface area (Å²) in [7, 11) is 0. The molecule has 1 heterocycles. The Bertz CT molecular complexity index is 200. The van der Waals surface area contributed by atoms with Crippen molar-refractivity contribution < 1.29 is 4.74 Å². The van der Waals surface area contributed by atoms with E-state index >= 15 is 0 Å². The highest BCUT2D eigenvalue weighted by Crippen LogP contribution is 2.23. The Hall–Kier alpha value is -0.500. The third-order valence-corrected chi connectivity index (χ3v) is 1.60. The second-order valence-corrected chi connectivity index (χ2v) is 2.21. The molecule has 0 N–H and O–H groups in total. The first kappa shape index (κ1) is 8.60. The number of hydrogen-bond acceptors (Lipinski definition) is 1. The maximum Gasteiger partial charge on any atom is 0.122 e. The number of ether oxygens (including phenoxy) is 1. The van der Waals surface area contributed by atoms with Crippen molar-refractivity contribution in [1.82, 2.24) is 0 Å². The molecule has 0 fully saturated rings. The van der Waals surface area contributed by atoms with Crippen LogP contribution in [0.1, 0.15) is 5.56 Å². The van der Waals surface area contributed by atoms with Gasteiger partial charge in [-0.3, -0.25) is 0 Å². The number of halogens is 1. The summed E-state index contributed by atoms with van der Waals surface area (Å²) in [5, 5.41) is 0. The maximum absolute atomic E-state index is 5.30. The van der Waals surface area contributed by atoms with Crippen molar-refractivity contribution in [3.05, 3.63) is 29.8 Å². The molecular formula is C9H11BrO. The molecule has 1 aliphatic rings. The molecule has 0 saturated heterocycles. The summed E-state index contributed by atoms with van der Waals surface area (Å²) in [4.78, 5) is 0. The topological polar surface area (TPSA) is 9.23 Å². The van der Waals surface area contributed by atoms with Gasteiger partial charge in [0.1, 0.15) is 5.75 Å². The van der Waals surface area contributed by atoms with E-state index in [1.54, 1.807) is 0 Å². The first-order chi connectivity index (χ1) is 5.47. The van der Waals surface area contributed by atoms with E-state index in [1.165, 1.54) is 5.56 Å². The Morgan fingerprint density at radius 2 is 2.00 bits per heavy atom. The minimum absolute atomic E-state index is 0.860. The zero-order chi connectivity index (χ0) is 8.10. The van der Waals surface area contributed by atoms with Crippen molar-refractivity contribution in [3.63, 3.8) is 0 Å². The zero-order valence-corrected chi connectivity index (χ0v) is 8.10. The fourth-order valence-electron chi connectivity index (χ4n) is 1.12. The van der Waals surface area contributed by atoms with E-state index in [1.807, 2.05) is 24.0 Å². The summed E-state index contributed by atoms with van der Waals surface area (Å²) in [5.41, 5.74) is 1.34. The first-order valence-corrected chi connectivity index (χ1v) is 5.14. The standard InChI is InChI=1S/C8H8O.CH3Br/c1-2-4-8-7(3-1)5-6-9-8;1-2/h1-4H,5-6H2;1H3. The van der Waals surface area contributed by atoms with E-state index < -0.39 is 0 Å². The number of para-hydroxylation sites is 1. The van der Waals surface area contributed by atoms with E-state index in [0.717, 1.165) is 18.8 Å². The van der Waals surface area contributed by atoms with Gasteiger partial charge in [0.05, 0.1) is 6.61 Å². The lowest BCUT2D eigenvalue weighted by Gasteiger charge is -1.93. The van der Waals surface area contributed by atoms with Gasteiger partial charge in [0, 0.05) is 6.42 Å². The molecule has 0 radical (unpaired) electrons. The van der Waals surface area contributed by atoms with Crippen molar-refractivity contribution >= 4 is 15.9 Å². The van der Waals surface area contributed by atoms with Gasteiger partial charge in [0.25, 0.3) is 0 Å². The second kappa shape index (κ2) is 4.39. The minimum atomic E-state index is 0.860. The summed E-state index contributed by atoms with van der Waals surface area (Å²) in [5.74, 6) is 2.88. The van der Waals surface area contributed by atoms with Crippen LogP contribution in [0.15, 0.2) is 24.3 Å². The van der Waals surface area contributed by atoms with Gasteiger partial charge in [-0.15, -0.1) is 0 Å². The van der Waals surface area contributed by atoms with E-state index in [4.69, 9.17) is 4.74 Å². The van der Waals surface area contributed by atoms with Crippen LogP contribution in [0.5, 0.6) is 5.75 Å². The van der Waals surface area contributed by atoms with Crippen LogP contribution >= 0.6 is 15.9 Å². The lowest BCUT2D eigenvalue weighted by Crippen LogP contribution is -1.85. The number of alkyl halides is 1. The normalized spacial score (nSPS) is 12.5. The molecule has 60 valence electrons. The highest BCUT2D eigenvalue weighted by Gasteiger charge is 2.08. The van der Waals surface area contributed by atoms with Crippen molar-refractivity contribution in [1.29, 1.82) is 0 Å². The highest BCUT2D eigenvalue weighted by atomic mass is 79.9. The van der Waals surface area contributed by atoms with Crippen molar-refractivity contribution in [3.8, 4) is 5.75 Å². The fraction of sp³-hybridized carbons (Fsp3) is 0.333. The van der Waals surface area contributed by atoms with Crippen LogP contribution < -0.4 is 4.74 Å². The molecule has 11 heavy (non-hydrogen) atoms. The van der Waals surface area contributed by atoms with Gasteiger partial charge in [-0.2, -0.15) is 0 Å². The van der Waals surface area contributed by atoms with E-state index in [-0.39, 0.29) is 0 Å². The molecule has 1 aliphatic heterocycles. The Balaban J connectivity index is 0.000000281. The number of fused-ring (bicyclic) bond motifs is 1. The number of hydrogen-bond donors (Lipinski definition) is 0. The number of benzene rings is 1. The molecule has 2 rings (SSSR count). The third kappa shape index (κ3) is 1.96. The fourth-order valence-corrected chi connectivity index (χ4v) is 1.12. The molecule has 0 saturated carbocycles. The molecule has 1 aromatic carbocycles. The molecule has 0 bridgehead atoms. The van der Waals surface area contributed by atoms with Gasteiger partial charge in [-0.05, 0) is 17.5 Å². The predicted octanol–water partition coefficient (Wildman–Crippen LogP) is 2.63. The predicted molar refractivity (Wildman–Crippen MR) is 50.5 cm³/mol. The molecular weight excluding hydrogens is 204 g/mol. The molecule has 0 aromatic heterocycles. The Labute approximate surface area is 75.5 Å². The molecule has 0 unspecified atom stereocenters. The average Bonchev–Trinajstić information content (AvgIpc) is 2.55. The first-order valence-electron chi connectivity index (χ1n) is 3.55. The summed E-state index contributed by atoms with van der Waals surface area (Å²) < 4.78 is 5.30. The van der Waals surface area contributed by atoms with Crippen molar-refractivity contribution in [2.75, 3.05) is 12.4 Å². The average molecular weight is 215 g/mol. The largest absolute Gasteiger partial charge is 0.493 e. The summed E-state index contributed by atoms with van der Waals surface area (Å²) in [6, 6.07) is 8.18. The monoisotopic (exact) mass is 214 g/mol. The van der Waals surface area contributed by atoms with E-state index in [2.05, 4.69) is 22.0 Å². The van der Waals surface area contributed by atoms with Gasteiger partial charge < -0.3 is 4.74 Å². The molecule has 1 aromatic rings. The van der Waals surface area contributed by atoms with Crippen LogP contribution in [0.2, 0.25) is 0 Å². The van der Waals surface area contributed by atoms with Gasteiger partial charge in [-0.25, -0.2) is 0 Å². The smallest absolute Gasteiger partial charge is 0.122 e. The molecule has 0 aliphatic carbocycles. The Morgan fingerprint density at radius 1 is 1.27 bits per heavy atom. The van der Waals surface area contributed by atoms with Crippen LogP contribution in [0.25, 0.3) is 0 Å². The molecule has 1 nitrogen and oxygen atoms in total. The maximum atomic E-state index is 5.30. The lowest BCUT2D eigenvalue weighted by molar-refractivity contribution is 0.357. The molecule has 2 heteroatoms. The SMILES string of the molecule is CBr.c1ccc2c(c1)CCO2. The van der Waals surface area contributed by atoms with E-state index in [9.17, 15) is 0 Å². The summed E-state index contributed by atoms with van der Waals surface area (Å²) in [6.07, 6.45) is 1.08. The van der Waals surface area contributed by atoms with Crippen LogP contribution in [0.3, 0.4) is 0 Å². The minimum Gasteiger partial charge on any atom is -0.493 e. The number of rotatable bonds is 0. The Kier molecular flexibility index (Phi) is 3.43. The van der Waals surface area contributed by atoms with Crippen LogP contribution in [0, 0.1) is 0 Å². The third-order valence-electron chi connectivity index (χ3n) is 1.60. The van der Waals surface area contributed by atoms with Gasteiger partial charge in [-0.1, -0.05) is 34.1 Å². The molecule has 0 spiro atoms. The second-order valence-electron chi connectivity index (χ2n) is 2.21. The van der Waals surface area contributed by atoms with Crippen LogP contribution in [-0.4, -0.2) is 12.4 Å². The Morgan fingerprint density at radius 3 is 2.73 bits per heavy atom. The van der Waals surface area contributed by atoms with Crippen LogP contribution in [0.4, 0.5) is 0 Å². The summed E-state index contributed by atoms with van der Waals surface area (Å²) >= 11 is 2.94. The van der Waals surface area contributed by atoms with Crippen LogP contribution in [-0.2, 0) is 6.42 Å².